The minimum Gasteiger partial charge on any atom is -0.388 e. The molecule has 3 rings (SSSR count). The highest BCUT2D eigenvalue weighted by molar-refractivity contribution is 8.00. The second-order valence-electron chi connectivity index (χ2n) is 6.68. The Bertz CT molecular complexity index is 865. The van der Waals surface area contributed by atoms with E-state index in [-0.39, 0.29) is 21.7 Å². The zero-order valence-electron chi connectivity index (χ0n) is 15.1. The van der Waals surface area contributed by atoms with Gasteiger partial charge in [-0.2, -0.15) is 30.2 Å². The Morgan fingerprint density at radius 3 is 2.82 bits per heavy atom. The van der Waals surface area contributed by atoms with Crippen molar-refractivity contribution in [3.05, 3.63) is 34.7 Å². The molecule has 1 N–H and O–H groups in total. The molecule has 3 nitrogen and oxygen atoms in total. The minimum atomic E-state index is -4.65. The number of hydrogen-bond acceptors (Lipinski definition) is 6. The average Bonchev–Trinajstić information content (AvgIpc) is 3.20. The third-order valence-corrected chi connectivity index (χ3v) is 8.19. The number of aliphatic hydroxyl groups is 1. The van der Waals surface area contributed by atoms with Gasteiger partial charge >= 0.3 is 6.18 Å². The van der Waals surface area contributed by atoms with Gasteiger partial charge in [0.1, 0.15) is 11.1 Å². The van der Waals surface area contributed by atoms with Crippen molar-refractivity contribution in [3.63, 3.8) is 0 Å². The Morgan fingerprint density at radius 2 is 2.21 bits per heavy atom. The molecule has 1 fully saturated rings. The summed E-state index contributed by atoms with van der Waals surface area (Å²) in [4.78, 5) is 4.97. The molecular formula is C19H19F3N2OS3. The van der Waals surface area contributed by atoms with E-state index in [2.05, 4.69) is 4.98 Å². The van der Waals surface area contributed by atoms with Crippen LogP contribution in [0.2, 0.25) is 0 Å². The second kappa shape index (κ2) is 8.66. The Kier molecular flexibility index (Phi) is 6.65. The van der Waals surface area contributed by atoms with Gasteiger partial charge in [-0.05, 0) is 36.6 Å². The molecule has 1 aliphatic rings. The number of thiophene rings is 1. The molecule has 0 saturated heterocycles. The predicted molar refractivity (Wildman–Crippen MR) is 109 cm³/mol. The highest BCUT2D eigenvalue weighted by Crippen LogP contribution is 2.42. The first kappa shape index (κ1) is 21.5. The lowest BCUT2D eigenvalue weighted by Gasteiger charge is -2.38. The van der Waals surface area contributed by atoms with Crippen molar-refractivity contribution in [3.8, 4) is 16.6 Å². The molecule has 2 heterocycles. The molecule has 1 aliphatic carbocycles. The largest absolute Gasteiger partial charge is 0.417 e. The van der Waals surface area contributed by atoms with E-state index in [0.29, 0.717) is 11.3 Å². The average molecular weight is 445 g/mol. The third-order valence-electron chi connectivity index (χ3n) is 4.85. The first-order valence-corrected chi connectivity index (χ1v) is 11.9. The maximum atomic E-state index is 13.6. The number of hydrogen-bond donors (Lipinski definition) is 1. The zero-order chi connectivity index (χ0) is 20.4. The summed E-state index contributed by atoms with van der Waals surface area (Å²) in [7, 11) is 0. The first-order chi connectivity index (χ1) is 13.3. The van der Waals surface area contributed by atoms with Crippen LogP contribution in [-0.4, -0.2) is 33.0 Å². The molecule has 2 aromatic heterocycles. The highest BCUT2D eigenvalue weighted by Gasteiger charge is 2.40. The number of halogens is 3. The number of thioether (sulfide) groups is 2. The number of rotatable bonds is 5. The molecule has 0 radical (unpaired) electrons. The molecule has 0 aliphatic heterocycles. The molecule has 0 bridgehead atoms. The number of nitrogens with zero attached hydrogens (tertiary/aromatic N) is 2. The Labute approximate surface area is 174 Å². The van der Waals surface area contributed by atoms with E-state index in [4.69, 9.17) is 0 Å². The van der Waals surface area contributed by atoms with Crippen LogP contribution in [-0.2, 0) is 6.18 Å². The fraction of sp³-hybridized carbons (Fsp3) is 0.474. The van der Waals surface area contributed by atoms with E-state index < -0.39 is 22.9 Å². The van der Waals surface area contributed by atoms with E-state index in [1.54, 1.807) is 35.3 Å². The van der Waals surface area contributed by atoms with Crippen molar-refractivity contribution >= 4 is 34.9 Å². The molecule has 9 heteroatoms. The maximum Gasteiger partial charge on any atom is 0.417 e. The molecule has 0 amide bonds. The summed E-state index contributed by atoms with van der Waals surface area (Å²) in [5.74, 6) is 0.214. The van der Waals surface area contributed by atoms with Crippen LogP contribution in [0.1, 0.15) is 36.8 Å². The second-order valence-corrected chi connectivity index (χ2v) is 9.64. The lowest BCUT2D eigenvalue weighted by Crippen LogP contribution is -2.45. The van der Waals surface area contributed by atoms with Crippen molar-refractivity contribution in [2.45, 2.75) is 47.7 Å². The van der Waals surface area contributed by atoms with Gasteiger partial charge in [-0.25, -0.2) is 4.98 Å². The van der Waals surface area contributed by atoms with Crippen LogP contribution in [0.3, 0.4) is 0 Å². The molecule has 150 valence electrons. The minimum absolute atomic E-state index is 0.0274. The van der Waals surface area contributed by atoms with E-state index in [9.17, 15) is 23.5 Å². The molecular weight excluding hydrogens is 425 g/mol. The number of aromatic nitrogens is 1. The van der Waals surface area contributed by atoms with Crippen molar-refractivity contribution in [2.75, 3.05) is 12.0 Å². The quantitative estimate of drug-likeness (QED) is 0.588. The topological polar surface area (TPSA) is 56.9 Å². The van der Waals surface area contributed by atoms with E-state index in [1.807, 2.05) is 6.26 Å². The monoisotopic (exact) mass is 444 g/mol. The molecule has 2 aromatic rings. The van der Waals surface area contributed by atoms with Gasteiger partial charge < -0.3 is 5.11 Å². The van der Waals surface area contributed by atoms with E-state index >= 15 is 0 Å². The van der Waals surface area contributed by atoms with Crippen molar-refractivity contribution < 1.29 is 18.3 Å². The van der Waals surface area contributed by atoms with E-state index in [0.717, 1.165) is 37.1 Å². The number of nitriles is 1. The normalized spacial score (nSPS) is 22.8. The SMILES string of the molecule is CS[C@H]1CCCC[C@]1(O)CSc1nc(-c2cccs2)cc(C(F)(F)F)c1C#N. The summed E-state index contributed by atoms with van der Waals surface area (Å²) in [6.45, 7) is 0. The Hall–Kier alpha value is -1.21. The van der Waals surface area contributed by atoms with Crippen molar-refractivity contribution in [1.29, 1.82) is 5.26 Å². The number of pyridine rings is 1. The molecule has 2 atom stereocenters. The maximum absolute atomic E-state index is 13.6. The lowest BCUT2D eigenvalue weighted by atomic mass is 9.86. The van der Waals surface area contributed by atoms with Gasteiger partial charge in [-0.15, -0.1) is 23.1 Å². The fourth-order valence-corrected chi connectivity index (χ4v) is 6.42. The molecule has 1 saturated carbocycles. The highest BCUT2D eigenvalue weighted by atomic mass is 32.2. The summed E-state index contributed by atoms with van der Waals surface area (Å²) < 4.78 is 40.8. The van der Waals surface area contributed by atoms with E-state index in [1.165, 1.54) is 11.3 Å². The van der Waals surface area contributed by atoms with Crippen LogP contribution in [0, 0.1) is 11.3 Å². The number of alkyl halides is 3. The smallest absolute Gasteiger partial charge is 0.388 e. The van der Waals surface area contributed by atoms with Gasteiger partial charge in [0.25, 0.3) is 0 Å². The molecule has 0 unspecified atom stereocenters. The Balaban J connectivity index is 1.99. The van der Waals surface area contributed by atoms with Crippen LogP contribution in [0.15, 0.2) is 28.6 Å². The molecule has 0 aromatic carbocycles. The molecule has 28 heavy (non-hydrogen) atoms. The summed E-state index contributed by atoms with van der Waals surface area (Å²) >= 11 is 3.92. The van der Waals surface area contributed by atoms with Crippen LogP contribution in [0.25, 0.3) is 10.6 Å². The van der Waals surface area contributed by atoms with Crippen LogP contribution < -0.4 is 0 Å². The van der Waals surface area contributed by atoms with Gasteiger partial charge in [0, 0.05) is 11.0 Å². The summed E-state index contributed by atoms with van der Waals surface area (Å²) in [6, 6.07) is 6.07. The van der Waals surface area contributed by atoms with Crippen LogP contribution >= 0.6 is 34.9 Å². The summed E-state index contributed by atoms with van der Waals surface area (Å²) in [6.07, 6.45) is 0.675. The van der Waals surface area contributed by atoms with Gasteiger partial charge in [-0.1, -0.05) is 18.9 Å². The summed E-state index contributed by atoms with van der Waals surface area (Å²) in [5.41, 5.74) is -2.24. The Morgan fingerprint density at radius 1 is 1.43 bits per heavy atom. The lowest BCUT2D eigenvalue weighted by molar-refractivity contribution is -0.138. The van der Waals surface area contributed by atoms with Crippen LogP contribution in [0.4, 0.5) is 13.2 Å². The van der Waals surface area contributed by atoms with Crippen LogP contribution in [0.5, 0.6) is 0 Å². The fourth-order valence-electron chi connectivity index (χ4n) is 3.39. The van der Waals surface area contributed by atoms with Gasteiger partial charge in [0.15, 0.2) is 0 Å². The standard InChI is InChI=1S/C19H19F3N2OS3/c1-26-16-6-2-3-7-18(16,25)11-28-17-12(10-23)13(19(20,21)22)9-14(24-17)15-5-4-8-27-15/h4-5,8-9,16,25H,2-3,6-7,11H2,1H3/t16-,18-/m0/s1. The first-order valence-electron chi connectivity index (χ1n) is 8.72. The molecule has 0 spiro atoms. The predicted octanol–water partition coefficient (Wildman–Crippen LogP) is 5.83. The zero-order valence-corrected chi connectivity index (χ0v) is 17.6. The van der Waals surface area contributed by atoms with Gasteiger partial charge in [-0.3, -0.25) is 0 Å². The third kappa shape index (κ3) is 4.51. The summed E-state index contributed by atoms with van der Waals surface area (Å²) in [5, 5.41) is 22.3. The van der Waals surface area contributed by atoms with Crippen molar-refractivity contribution in [2.24, 2.45) is 0 Å². The van der Waals surface area contributed by atoms with Crippen molar-refractivity contribution in [1.82, 2.24) is 4.98 Å². The van der Waals surface area contributed by atoms with Gasteiger partial charge in [0.2, 0.25) is 0 Å². The van der Waals surface area contributed by atoms with Gasteiger partial charge in [0.05, 0.1) is 27.3 Å².